The van der Waals surface area contributed by atoms with E-state index in [1.807, 2.05) is 30.3 Å². The summed E-state index contributed by atoms with van der Waals surface area (Å²) in [6.07, 6.45) is -0.963. The Morgan fingerprint density at radius 1 is 1.37 bits per heavy atom. The predicted octanol–water partition coefficient (Wildman–Crippen LogP) is 2.25. The van der Waals surface area contributed by atoms with E-state index in [0.717, 1.165) is 5.75 Å². The van der Waals surface area contributed by atoms with E-state index < -0.39 is 6.09 Å². The number of ether oxygens (including phenoxy) is 1. The van der Waals surface area contributed by atoms with Gasteiger partial charge in [0, 0.05) is 0 Å². The zero-order valence-corrected chi connectivity index (χ0v) is 10.1. The Morgan fingerprint density at radius 2 is 2.16 bits per heavy atom. The van der Waals surface area contributed by atoms with Crippen molar-refractivity contribution in [2.24, 2.45) is 0 Å². The molecule has 0 bridgehead atoms. The highest BCUT2D eigenvalue weighted by Crippen LogP contribution is 2.23. The lowest BCUT2D eigenvalue weighted by atomic mass is 10.3. The number of hydrogen-bond donors (Lipinski definition) is 1. The van der Waals surface area contributed by atoms with Gasteiger partial charge in [-0.25, -0.2) is 9.78 Å². The second kappa shape index (κ2) is 4.64. The SMILES string of the molecule is O=C(O)N1Cc2nc(COc3ccccc3)oc2C1. The van der Waals surface area contributed by atoms with Gasteiger partial charge in [-0.2, -0.15) is 0 Å². The number of hydrogen-bond acceptors (Lipinski definition) is 4. The van der Waals surface area contributed by atoms with Gasteiger partial charge in [-0.3, -0.25) is 4.90 Å². The molecule has 1 aromatic carbocycles. The third-order valence-corrected chi connectivity index (χ3v) is 2.87. The summed E-state index contributed by atoms with van der Waals surface area (Å²) < 4.78 is 11.0. The van der Waals surface area contributed by atoms with Crippen molar-refractivity contribution in [3.8, 4) is 5.75 Å². The fourth-order valence-corrected chi connectivity index (χ4v) is 1.95. The minimum absolute atomic E-state index is 0.240. The van der Waals surface area contributed by atoms with Crippen molar-refractivity contribution in [2.45, 2.75) is 19.7 Å². The van der Waals surface area contributed by atoms with E-state index in [4.69, 9.17) is 14.3 Å². The summed E-state index contributed by atoms with van der Waals surface area (Å²) in [5, 5.41) is 8.86. The average Bonchev–Trinajstić information content (AvgIpc) is 2.95. The monoisotopic (exact) mass is 260 g/mol. The molecule has 2 heterocycles. The molecule has 0 atom stereocenters. The standard InChI is InChI=1S/C13H12N2O4/c16-13(17)15-6-10-11(7-15)19-12(14-10)8-18-9-4-2-1-3-5-9/h1-5H,6-8H2,(H,16,17). The Bertz CT molecular complexity index is 570. The summed E-state index contributed by atoms with van der Waals surface area (Å²) in [6.45, 7) is 0.770. The van der Waals surface area contributed by atoms with E-state index in [1.165, 1.54) is 4.90 Å². The molecule has 0 spiro atoms. The molecule has 0 radical (unpaired) electrons. The summed E-state index contributed by atoms with van der Waals surface area (Å²) in [5.74, 6) is 1.82. The van der Waals surface area contributed by atoms with Gasteiger partial charge in [0.2, 0.25) is 5.89 Å². The van der Waals surface area contributed by atoms with E-state index in [2.05, 4.69) is 4.98 Å². The first-order chi connectivity index (χ1) is 9.22. The fourth-order valence-electron chi connectivity index (χ4n) is 1.95. The molecule has 1 aliphatic heterocycles. The lowest BCUT2D eigenvalue weighted by molar-refractivity contribution is 0.141. The maximum atomic E-state index is 10.8. The van der Waals surface area contributed by atoms with E-state index >= 15 is 0 Å². The maximum absolute atomic E-state index is 10.8. The van der Waals surface area contributed by atoms with Crippen LogP contribution in [0.3, 0.4) is 0 Å². The van der Waals surface area contributed by atoms with E-state index in [9.17, 15) is 4.79 Å². The molecule has 1 aromatic heterocycles. The van der Waals surface area contributed by atoms with Crippen LogP contribution in [0.4, 0.5) is 4.79 Å². The zero-order chi connectivity index (χ0) is 13.2. The predicted molar refractivity (Wildman–Crippen MR) is 64.5 cm³/mol. The number of nitrogens with zero attached hydrogens (tertiary/aromatic N) is 2. The van der Waals surface area contributed by atoms with Gasteiger partial charge in [0.05, 0.1) is 13.1 Å². The number of rotatable bonds is 3. The van der Waals surface area contributed by atoms with Crippen LogP contribution < -0.4 is 4.74 Å². The minimum atomic E-state index is -0.963. The number of oxazole rings is 1. The number of aromatic nitrogens is 1. The van der Waals surface area contributed by atoms with Crippen LogP contribution >= 0.6 is 0 Å². The fraction of sp³-hybridized carbons (Fsp3) is 0.231. The Hall–Kier alpha value is -2.50. The molecule has 1 N–H and O–H groups in total. The highest BCUT2D eigenvalue weighted by atomic mass is 16.5. The number of fused-ring (bicyclic) bond motifs is 1. The average molecular weight is 260 g/mol. The molecular weight excluding hydrogens is 248 g/mol. The smallest absolute Gasteiger partial charge is 0.408 e. The molecule has 6 heteroatoms. The summed E-state index contributed by atoms with van der Waals surface area (Å²) in [5.41, 5.74) is 0.675. The van der Waals surface area contributed by atoms with Gasteiger partial charge >= 0.3 is 6.09 Å². The summed E-state index contributed by atoms with van der Waals surface area (Å²) in [4.78, 5) is 16.3. The number of carboxylic acid groups (broad SMARTS) is 1. The lowest BCUT2D eigenvalue weighted by Crippen LogP contribution is -2.23. The highest BCUT2D eigenvalue weighted by Gasteiger charge is 2.28. The number of carbonyl (C=O) groups is 1. The maximum Gasteiger partial charge on any atom is 0.408 e. The second-order valence-electron chi connectivity index (χ2n) is 4.22. The Morgan fingerprint density at radius 3 is 2.84 bits per heavy atom. The van der Waals surface area contributed by atoms with E-state index in [1.54, 1.807) is 0 Å². The van der Waals surface area contributed by atoms with Crippen LogP contribution in [-0.4, -0.2) is 21.1 Å². The van der Waals surface area contributed by atoms with Crippen LogP contribution in [0.1, 0.15) is 17.3 Å². The molecule has 98 valence electrons. The molecule has 2 aromatic rings. The topological polar surface area (TPSA) is 75.8 Å². The first kappa shape index (κ1) is 11.6. The van der Waals surface area contributed by atoms with Gasteiger partial charge in [0.15, 0.2) is 6.61 Å². The molecule has 6 nitrogen and oxygen atoms in total. The Balaban J connectivity index is 1.63. The van der Waals surface area contributed by atoms with Crippen LogP contribution in [0.2, 0.25) is 0 Å². The van der Waals surface area contributed by atoms with Gasteiger partial charge in [0.1, 0.15) is 17.2 Å². The third-order valence-electron chi connectivity index (χ3n) is 2.87. The minimum Gasteiger partial charge on any atom is -0.484 e. The quantitative estimate of drug-likeness (QED) is 0.915. The zero-order valence-electron chi connectivity index (χ0n) is 10.1. The van der Waals surface area contributed by atoms with Gasteiger partial charge in [0.25, 0.3) is 0 Å². The largest absolute Gasteiger partial charge is 0.484 e. The van der Waals surface area contributed by atoms with Gasteiger partial charge in [-0.15, -0.1) is 0 Å². The molecule has 19 heavy (non-hydrogen) atoms. The van der Waals surface area contributed by atoms with Crippen LogP contribution in [0.5, 0.6) is 5.75 Å². The Kier molecular flexibility index (Phi) is 2.83. The van der Waals surface area contributed by atoms with Gasteiger partial charge in [-0.1, -0.05) is 18.2 Å². The molecule has 0 fully saturated rings. The van der Waals surface area contributed by atoms with Crippen molar-refractivity contribution >= 4 is 6.09 Å². The lowest BCUT2D eigenvalue weighted by Gasteiger charge is -2.09. The second-order valence-corrected chi connectivity index (χ2v) is 4.22. The van der Waals surface area contributed by atoms with Crippen LogP contribution in [0.15, 0.2) is 34.7 Å². The first-order valence-electron chi connectivity index (χ1n) is 5.85. The van der Waals surface area contributed by atoms with Gasteiger partial charge in [-0.05, 0) is 12.1 Å². The van der Waals surface area contributed by atoms with Crippen LogP contribution in [-0.2, 0) is 19.7 Å². The molecule has 0 unspecified atom stereocenters. The van der Waals surface area contributed by atoms with Crippen molar-refractivity contribution in [1.29, 1.82) is 0 Å². The summed E-state index contributed by atoms with van der Waals surface area (Å²) in [6, 6.07) is 9.38. The molecule has 0 saturated heterocycles. The first-order valence-corrected chi connectivity index (χ1v) is 5.85. The molecule has 0 saturated carbocycles. The van der Waals surface area contributed by atoms with Crippen LogP contribution in [0.25, 0.3) is 0 Å². The molecule has 1 aliphatic rings. The van der Waals surface area contributed by atoms with Crippen molar-refractivity contribution < 1.29 is 19.1 Å². The van der Waals surface area contributed by atoms with Gasteiger partial charge < -0.3 is 14.3 Å². The van der Waals surface area contributed by atoms with Crippen molar-refractivity contribution in [3.05, 3.63) is 47.7 Å². The molecule has 1 amide bonds. The number of amides is 1. The van der Waals surface area contributed by atoms with E-state index in [0.29, 0.717) is 17.3 Å². The highest BCUT2D eigenvalue weighted by molar-refractivity contribution is 5.65. The molecule has 3 rings (SSSR count). The summed E-state index contributed by atoms with van der Waals surface area (Å²) >= 11 is 0. The number of para-hydroxylation sites is 1. The Labute approximate surface area is 109 Å². The molecular formula is C13H12N2O4. The van der Waals surface area contributed by atoms with Crippen LogP contribution in [0, 0.1) is 0 Å². The third kappa shape index (κ3) is 2.37. The molecule has 0 aliphatic carbocycles. The van der Waals surface area contributed by atoms with Crippen molar-refractivity contribution in [1.82, 2.24) is 9.88 Å². The summed E-state index contributed by atoms with van der Waals surface area (Å²) in [7, 11) is 0. The van der Waals surface area contributed by atoms with Crippen molar-refractivity contribution in [2.75, 3.05) is 0 Å². The normalized spacial score (nSPS) is 13.4. The van der Waals surface area contributed by atoms with E-state index in [-0.39, 0.29) is 19.7 Å². The number of benzene rings is 1. The van der Waals surface area contributed by atoms with Crippen molar-refractivity contribution in [3.63, 3.8) is 0 Å².